The lowest BCUT2D eigenvalue weighted by molar-refractivity contribution is -0.116. The predicted molar refractivity (Wildman–Crippen MR) is 211 cm³/mol. The molecule has 0 aliphatic rings. The number of rotatable bonds is 13. The van der Waals surface area contributed by atoms with Crippen LogP contribution in [0.3, 0.4) is 0 Å². The first-order valence-electron chi connectivity index (χ1n) is 17.3. The second-order valence-corrected chi connectivity index (χ2v) is 16.3. The molecule has 1 heterocycles. The maximum Gasteiger partial charge on any atom is 0.283 e. The molecule has 0 unspecified atom stereocenters. The van der Waals surface area contributed by atoms with Crippen LogP contribution < -0.4 is 21.0 Å². The molecule has 0 aliphatic carbocycles. The smallest absolute Gasteiger partial charge is 0.283 e. The molecule has 0 saturated heterocycles. The fraction of sp³-hybridized carbons (Fsp3) is 0.256. The number of thiophene rings is 1. The van der Waals surface area contributed by atoms with Crippen LogP contribution in [-0.2, 0) is 40.6 Å². The van der Waals surface area contributed by atoms with Crippen molar-refractivity contribution in [3.63, 3.8) is 0 Å². The van der Waals surface area contributed by atoms with Crippen LogP contribution in [0.5, 0.6) is 0 Å². The Labute approximate surface area is 303 Å². The Hall–Kier alpha value is -4.56. The van der Waals surface area contributed by atoms with E-state index < -0.39 is 9.04 Å². The van der Waals surface area contributed by atoms with E-state index in [9.17, 15) is 9.59 Å². The van der Waals surface area contributed by atoms with Crippen LogP contribution in [0.4, 0.5) is 0 Å². The summed E-state index contributed by atoms with van der Waals surface area (Å²) >= 11 is 1.67. The molecule has 0 bridgehead atoms. The summed E-state index contributed by atoms with van der Waals surface area (Å²) in [4.78, 5) is 25.9. The highest BCUT2D eigenvalue weighted by atomic mass is 32.1. The summed E-state index contributed by atoms with van der Waals surface area (Å²) in [6.45, 7) is 12.4. The first-order valence-corrected chi connectivity index (χ1v) is 19.6. The molecule has 1 aromatic heterocycles. The second-order valence-electron chi connectivity index (χ2n) is 13.2. The van der Waals surface area contributed by atoms with Gasteiger partial charge in [-0.15, -0.1) is 11.3 Å². The zero-order chi connectivity index (χ0) is 35.7. The second kappa shape index (κ2) is 16.9. The van der Waals surface area contributed by atoms with Crippen molar-refractivity contribution in [2.24, 2.45) is 0 Å². The molecule has 0 spiro atoms. The van der Waals surface area contributed by atoms with Crippen molar-refractivity contribution in [2.75, 3.05) is 7.05 Å². The van der Waals surface area contributed by atoms with Gasteiger partial charge in [0.15, 0.2) is 0 Å². The van der Waals surface area contributed by atoms with Gasteiger partial charge in [-0.05, 0) is 103 Å². The van der Waals surface area contributed by atoms with Gasteiger partial charge in [-0.25, -0.2) is 0 Å². The SMILES string of the molecule is CCc1c(CO[Si](c2ccccc2)c2ccccc2)cc(-c2ccsc2CNC(=O)C=Cc2ccc(C(=O)NC)cc2)c(CC)c1C(C)(C)C. The van der Waals surface area contributed by atoms with Gasteiger partial charge in [-0.3, -0.25) is 9.59 Å². The number of nitrogens with one attached hydrogen (secondary N) is 2. The average molecular weight is 700 g/mol. The number of amides is 2. The molecule has 0 fully saturated rings. The molecule has 0 aliphatic heterocycles. The highest BCUT2D eigenvalue weighted by Gasteiger charge is 2.28. The predicted octanol–water partition coefficient (Wildman–Crippen LogP) is 7.85. The van der Waals surface area contributed by atoms with Gasteiger partial charge in [0, 0.05) is 23.6 Å². The molecule has 5 nitrogen and oxygen atoms in total. The van der Waals surface area contributed by atoms with Gasteiger partial charge in [0.25, 0.3) is 14.9 Å². The standard InChI is InChI=1S/C43H47N2O3SSi/c1-7-35-32(29-48-50(33-15-11-9-12-16-33)34-17-13-10-14-18-34)27-38(36(8-2)41(35)43(3,4)5)37-25-26-49-39(37)28-45-40(46)24-21-30-19-22-31(23-20-30)42(47)44-6/h9-27H,7-8,28-29H2,1-6H3,(H,44,47)(H,45,46). The van der Waals surface area contributed by atoms with Crippen LogP contribution >= 0.6 is 11.3 Å². The van der Waals surface area contributed by atoms with Gasteiger partial charge in [-0.2, -0.15) is 0 Å². The Morgan fingerprint density at radius 1 is 0.820 bits per heavy atom. The summed E-state index contributed by atoms with van der Waals surface area (Å²) in [7, 11) is 0.127. The molecule has 5 aromatic rings. The summed E-state index contributed by atoms with van der Waals surface area (Å²) in [6, 6.07) is 32.9. The number of benzene rings is 4. The third-order valence-corrected chi connectivity index (χ3v) is 11.9. The Kier molecular flexibility index (Phi) is 12.4. The van der Waals surface area contributed by atoms with E-state index in [4.69, 9.17) is 4.43 Å². The third-order valence-electron chi connectivity index (χ3n) is 8.82. The molecule has 0 saturated carbocycles. The van der Waals surface area contributed by atoms with Crippen molar-refractivity contribution < 1.29 is 14.0 Å². The van der Waals surface area contributed by atoms with E-state index in [0.29, 0.717) is 18.7 Å². The number of hydrogen-bond acceptors (Lipinski definition) is 4. The van der Waals surface area contributed by atoms with Crippen LogP contribution in [0, 0.1) is 0 Å². The molecule has 0 atom stereocenters. The largest absolute Gasteiger partial charge is 0.403 e. The lowest BCUT2D eigenvalue weighted by Gasteiger charge is -2.31. The van der Waals surface area contributed by atoms with Gasteiger partial charge < -0.3 is 15.1 Å². The molecule has 5 rings (SSSR count). The summed E-state index contributed by atoms with van der Waals surface area (Å²) in [6.07, 6.45) is 5.13. The van der Waals surface area contributed by atoms with E-state index in [1.807, 2.05) is 12.1 Å². The van der Waals surface area contributed by atoms with Gasteiger partial charge in [0.05, 0.1) is 13.2 Å². The van der Waals surface area contributed by atoms with E-state index in [1.165, 1.54) is 38.2 Å². The summed E-state index contributed by atoms with van der Waals surface area (Å²) in [5, 5.41) is 10.3. The minimum atomic E-state index is -1.48. The van der Waals surface area contributed by atoms with E-state index in [1.54, 1.807) is 42.7 Å². The van der Waals surface area contributed by atoms with Gasteiger partial charge in [0.1, 0.15) is 0 Å². The monoisotopic (exact) mass is 699 g/mol. The summed E-state index contributed by atoms with van der Waals surface area (Å²) in [5.41, 5.74) is 9.11. The van der Waals surface area contributed by atoms with E-state index in [2.05, 4.69) is 123 Å². The number of carbonyl (C=O) groups excluding carboxylic acids is 2. The minimum Gasteiger partial charge on any atom is -0.403 e. The highest BCUT2D eigenvalue weighted by molar-refractivity contribution is 7.10. The van der Waals surface area contributed by atoms with Crippen LogP contribution in [0.2, 0.25) is 0 Å². The molecule has 7 heteroatoms. The Morgan fingerprint density at radius 2 is 1.44 bits per heavy atom. The Bertz CT molecular complexity index is 1890. The molecule has 4 aromatic carbocycles. The Morgan fingerprint density at radius 3 is 2.00 bits per heavy atom. The summed E-state index contributed by atoms with van der Waals surface area (Å²) in [5.74, 6) is -0.308. The lowest BCUT2D eigenvalue weighted by atomic mass is 9.75. The minimum absolute atomic E-state index is 0.0676. The van der Waals surface area contributed by atoms with E-state index in [-0.39, 0.29) is 17.2 Å². The van der Waals surface area contributed by atoms with Crippen LogP contribution in [0.1, 0.15) is 77.7 Å². The van der Waals surface area contributed by atoms with Crippen molar-refractivity contribution in [1.82, 2.24) is 10.6 Å². The van der Waals surface area contributed by atoms with Crippen LogP contribution in [0.25, 0.3) is 17.2 Å². The number of carbonyl (C=O) groups is 2. The van der Waals surface area contributed by atoms with Gasteiger partial charge in [-0.1, -0.05) is 107 Å². The molecular weight excluding hydrogens is 653 g/mol. The van der Waals surface area contributed by atoms with Gasteiger partial charge in [0.2, 0.25) is 5.91 Å². The molecule has 2 amide bonds. The van der Waals surface area contributed by atoms with Crippen molar-refractivity contribution in [3.05, 3.63) is 147 Å². The van der Waals surface area contributed by atoms with E-state index in [0.717, 1.165) is 28.8 Å². The third kappa shape index (κ3) is 8.77. The lowest BCUT2D eigenvalue weighted by Crippen LogP contribution is -2.44. The molecular formula is C43H47N2O3SSi. The highest BCUT2D eigenvalue weighted by Crippen LogP contribution is 2.41. The van der Waals surface area contributed by atoms with Crippen LogP contribution in [-0.4, -0.2) is 27.9 Å². The topological polar surface area (TPSA) is 67.4 Å². The maximum absolute atomic E-state index is 12.9. The molecule has 257 valence electrons. The van der Waals surface area contributed by atoms with Crippen LogP contribution in [0.15, 0.2) is 109 Å². The van der Waals surface area contributed by atoms with Crippen molar-refractivity contribution in [3.8, 4) is 11.1 Å². The number of hydrogen-bond donors (Lipinski definition) is 2. The first-order chi connectivity index (χ1) is 24.1. The summed E-state index contributed by atoms with van der Waals surface area (Å²) < 4.78 is 6.97. The quantitative estimate of drug-likeness (QED) is 0.0972. The van der Waals surface area contributed by atoms with Crippen molar-refractivity contribution in [1.29, 1.82) is 0 Å². The average Bonchev–Trinajstić information content (AvgIpc) is 3.61. The fourth-order valence-electron chi connectivity index (χ4n) is 6.54. The zero-order valence-corrected chi connectivity index (χ0v) is 31.7. The molecule has 50 heavy (non-hydrogen) atoms. The molecule has 2 N–H and O–H groups in total. The first kappa shape index (κ1) is 36.7. The molecule has 1 radical (unpaired) electrons. The van der Waals surface area contributed by atoms with Crippen molar-refractivity contribution >= 4 is 48.6 Å². The zero-order valence-electron chi connectivity index (χ0n) is 29.9. The van der Waals surface area contributed by atoms with Crippen molar-refractivity contribution in [2.45, 2.75) is 66.0 Å². The maximum atomic E-state index is 12.9. The van der Waals surface area contributed by atoms with E-state index >= 15 is 0 Å². The fourth-order valence-corrected chi connectivity index (χ4v) is 9.33. The normalized spacial score (nSPS) is 11.7. The van der Waals surface area contributed by atoms with Gasteiger partial charge >= 0.3 is 0 Å². The Balaban J connectivity index is 1.44.